The molecule has 3 rings (SSSR count). The number of amides is 1. The van der Waals surface area contributed by atoms with Gasteiger partial charge >= 0.3 is 0 Å². The molecule has 1 aromatic carbocycles. The predicted molar refractivity (Wildman–Crippen MR) is 95.7 cm³/mol. The number of ether oxygens (including phenoxy) is 1. The Morgan fingerprint density at radius 2 is 2.08 bits per heavy atom. The number of carbonyl (C=O) groups excluding carboxylic acids is 1. The first-order valence-electron chi connectivity index (χ1n) is 8.99. The standard InChI is InChI=1S/C19H26N4O2/c1-19(14-20,15-7-8-15)21-18(24)13-22-9-11-23(12-10-22)16-5-3-4-6-17(16)25-2/h3-6,15H,7-13H2,1-2H3,(H,21,24)/p+1/t19-/m1/s1. The lowest BCUT2D eigenvalue weighted by Gasteiger charge is -2.34. The number of piperazine rings is 1. The van der Waals surface area contributed by atoms with Crippen LogP contribution in [-0.2, 0) is 4.79 Å². The third-order valence-electron chi connectivity index (χ3n) is 5.33. The fraction of sp³-hybridized carbons (Fsp3) is 0.579. The molecular weight excluding hydrogens is 316 g/mol. The molecule has 0 spiro atoms. The van der Waals surface area contributed by atoms with Crippen molar-refractivity contribution >= 4 is 11.6 Å². The summed E-state index contributed by atoms with van der Waals surface area (Å²) in [4.78, 5) is 15.9. The van der Waals surface area contributed by atoms with Crippen molar-refractivity contribution in [2.75, 3.05) is 44.7 Å². The number of hydrogen-bond donors (Lipinski definition) is 2. The summed E-state index contributed by atoms with van der Waals surface area (Å²) < 4.78 is 5.44. The van der Waals surface area contributed by atoms with Gasteiger partial charge in [-0.25, -0.2) is 0 Å². The summed E-state index contributed by atoms with van der Waals surface area (Å²) in [5.41, 5.74) is 0.412. The first kappa shape index (κ1) is 17.6. The van der Waals surface area contributed by atoms with Gasteiger partial charge in [-0.05, 0) is 37.8 Å². The molecule has 1 heterocycles. The van der Waals surface area contributed by atoms with E-state index in [0.29, 0.717) is 12.5 Å². The summed E-state index contributed by atoms with van der Waals surface area (Å²) >= 11 is 0. The molecule has 0 aromatic heterocycles. The van der Waals surface area contributed by atoms with E-state index >= 15 is 0 Å². The Balaban J connectivity index is 1.51. The molecule has 1 aliphatic heterocycles. The van der Waals surface area contributed by atoms with Crippen LogP contribution in [-0.4, -0.2) is 51.3 Å². The third kappa shape index (κ3) is 4.05. The molecule has 1 saturated heterocycles. The lowest BCUT2D eigenvalue weighted by Crippen LogP contribution is -3.16. The molecule has 6 heteroatoms. The van der Waals surface area contributed by atoms with Crippen LogP contribution >= 0.6 is 0 Å². The van der Waals surface area contributed by atoms with Crippen molar-refractivity contribution in [3.8, 4) is 11.8 Å². The van der Waals surface area contributed by atoms with E-state index in [-0.39, 0.29) is 5.91 Å². The zero-order chi connectivity index (χ0) is 17.9. The number of nitrogens with one attached hydrogen (secondary N) is 2. The first-order valence-corrected chi connectivity index (χ1v) is 8.99. The predicted octanol–water partition coefficient (Wildman–Crippen LogP) is 0.209. The Morgan fingerprint density at radius 1 is 1.40 bits per heavy atom. The van der Waals surface area contributed by atoms with Crippen LogP contribution in [0.5, 0.6) is 5.75 Å². The number of quaternary nitrogens is 1. The van der Waals surface area contributed by atoms with Crippen molar-refractivity contribution < 1.29 is 14.4 Å². The van der Waals surface area contributed by atoms with Crippen LogP contribution in [0.1, 0.15) is 19.8 Å². The molecule has 1 atom stereocenters. The van der Waals surface area contributed by atoms with E-state index in [1.807, 2.05) is 25.1 Å². The number of para-hydroxylation sites is 2. The fourth-order valence-corrected chi connectivity index (χ4v) is 3.57. The molecule has 2 N–H and O–H groups in total. The van der Waals surface area contributed by atoms with Gasteiger partial charge in [0.15, 0.2) is 6.54 Å². The van der Waals surface area contributed by atoms with Crippen molar-refractivity contribution in [3.63, 3.8) is 0 Å². The van der Waals surface area contributed by atoms with Gasteiger partial charge in [-0.15, -0.1) is 0 Å². The molecule has 2 fully saturated rings. The van der Waals surface area contributed by atoms with Crippen molar-refractivity contribution in [2.45, 2.75) is 25.3 Å². The van der Waals surface area contributed by atoms with Crippen LogP contribution in [0.3, 0.4) is 0 Å². The molecule has 0 radical (unpaired) electrons. The summed E-state index contributed by atoms with van der Waals surface area (Å²) in [5, 5.41) is 12.3. The maximum absolute atomic E-state index is 12.4. The highest BCUT2D eigenvalue weighted by molar-refractivity contribution is 5.78. The zero-order valence-corrected chi connectivity index (χ0v) is 15.0. The van der Waals surface area contributed by atoms with Gasteiger partial charge in [-0.1, -0.05) is 12.1 Å². The zero-order valence-electron chi connectivity index (χ0n) is 15.0. The molecule has 1 saturated carbocycles. The Hall–Kier alpha value is -2.26. The molecule has 25 heavy (non-hydrogen) atoms. The molecule has 0 unspecified atom stereocenters. The van der Waals surface area contributed by atoms with Crippen LogP contribution in [0.25, 0.3) is 0 Å². The second kappa shape index (κ2) is 7.32. The Bertz CT molecular complexity index is 660. The van der Waals surface area contributed by atoms with E-state index in [2.05, 4.69) is 22.4 Å². The van der Waals surface area contributed by atoms with Gasteiger partial charge in [0, 0.05) is 0 Å². The van der Waals surface area contributed by atoms with Crippen LogP contribution < -0.4 is 19.9 Å². The molecule has 1 aromatic rings. The number of carbonyl (C=O) groups is 1. The van der Waals surface area contributed by atoms with E-state index < -0.39 is 5.54 Å². The molecular formula is C19H27N4O2+. The second-order valence-electron chi connectivity index (χ2n) is 7.22. The van der Waals surface area contributed by atoms with E-state index in [4.69, 9.17) is 4.74 Å². The summed E-state index contributed by atoms with van der Waals surface area (Å²) in [7, 11) is 1.69. The van der Waals surface area contributed by atoms with E-state index in [1.54, 1.807) is 7.11 Å². The van der Waals surface area contributed by atoms with Crippen molar-refractivity contribution in [2.24, 2.45) is 5.92 Å². The second-order valence-corrected chi connectivity index (χ2v) is 7.22. The smallest absolute Gasteiger partial charge is 0.276 e. The van der Waals surface area contributed by atoms with Crippen LogP contribution in [0, 0.1) is 17.2 Å². The van der Waals surface area contributed by atoms with E-state index in [0.717, 1.165) is 50.5 Å². The lowest BCUT2D eigenvalue weighted by molar-refractivity contribution is -0.892. The topological polar surface area (TPSA) is 69.8 Å². The molecule has 1 aliphatic carbocycles. The monoisotopic (exact) mass is 343 g/mol. The number of benzene rings is 1. The molecule has 1 amide bonds. The maximum Gasteiger partial charge on any atom is 0.276 e. The average molecular weight is 343 g/mol. The van der Waals surface area contributed by atoms with E-state index in [1.165, 1.54) is 4.90 Å². The highest BCUT2D eigenvalue weighted by Crippen LogP contribution is 2.39. The summed E-state index contributed by atoms with van der Waals surface area (Å²) in [6.07, 6.45) is 2.07. The normalized spacial score (nSPS) is 20.4. The minimum absolute atomic E-state index is 0.0170. The number of hydrogen-bond acceptors (Lipinski definition) is 4. The Kier molecular flexibility index (Phi) is 5.14. The van der Waals surface area contributed by atoms with Gasteiger partial charge < -0.3 is 19.9 Å². The summed E-state index contributed by atoms with van der Waals surface area (Å²) in [6, 6.07) is 10.3. The van der Waals surface area contributed by atoms with Gasteiger partial charge in [-0.3, -0.25) is 4.79 Å². The highest BCUT2D eigenvalue weighted by Gasteiger charge is 2.43. The Labute approximate surface area is 149 Å². The lowest BCUT2D eigenvalue weighted by atomic mass is 9.98. The van der Waals surface area contributed by atoms with Crippen LogP contribution in [0.15, 0.2) is 24.3 Å². The highest BCUT2D eigenvalue weighted by atomic mass is 16.5. The molecule has 134 valence electrons. The third-order valence-corrected chi connectivity index (χ3v) is 5.33. The molecule has 2 aliphatic rings. The van der Waals surface area contributed by atoms with Gasteiger partial charge in [0.2, 0.25) is 0 Å². The number of rotatable bonds is 6. The minimum atomic E-state index is -0.699. The Morgan fingerprint density at radius 3 is 2.68 bits per heavy atom. The largest absolute Gasteiger partial charge is 0.495 e. The fourth-order valence-electron chi connectivity index (χ4n) is 3.57. The van der Waals surface area contributed by atoms with Gasteiger partial charge in [-0.2, -0.15) is 5.26 Å². The number of nitriles is 1. The van der Waals surface area contributed by atoms with Gasteiger partial charge in [0.1, 0.15) is 11.3 Å². The minimum Gasteiger partial charge on any atom is -0.495 e. The number of methoxy groups -OCH3 is 1. The van der Waals surface area contributed by atoms with Gasteiger partial charge in [0.05, 0.1) is 45.0 Å². The summed E-state index contributed by atoms with van der Waals surface area (Å²) in [6.45, 7) is 5.86. The van der Waals surface area contributed by atoms with Crippen LogP contribution in [0.2, 0.25) is 0 Å². The van der Waals surface area contributed by atoms with Gasteiger partial charge in [0.25, 0.3) is 5.91 Å². The maximum atomic E-state index is 12.4. The number of anilines is 1. The SMILES string of the molecule is COc1ccccc1N1CC[NH+](CC(=O)N[C@](C)(C#N)C2CC2)CC1. The first-order chi connectivity index (χ1) is 12.1. The quantitative estimate of drug-likeness (QED) is 0.775. The molecule has 6 nitrogen and oxygen atoms in total. The van der Waals surface area contributed by atoms with Crippen molar-refractivity contribution in [1.29, 1.82) is 5.26 Å². The summed E-state index contributed by atoms with van der Waals surface area (Å²) in [5.74, 6) is 1.19. The molecule has 0 bridgehead atoms. The average Bonchev–Trinajstić information content (AvgIpc) is 3.48. The van der Waals surface area contributed by atoms with Crippen molar-refractivity contribution in [1.82, 2.24) is 5.32 Å². The number of nitrogens with zero attached hydrogens (tertiary/aromatic N) is 2. The van der Waals surface area contributed by atoms with Crippen LogP contribution in [0.4, 0.5) is 5.69 Å². The van der Waals surface area contributed by atoms with Crippen molar-refractivity contribution in [3.05, 3.63) is 24.3 Å². The van der Waals surface area contributed by atoms with E-state index in [9.17, 15) is 10.1 Å².